The first-order chi connectivity index (χ1) is 7.76. The van der Waals surface area contributed by atoms with Crippen LogP contribution in [0, 0.1) is 0 Å². The SMILES string of the molecule is C=C/C=C(\C=C)OCC(O)CN1CCCC1. The number of hydrogen-bond acceptors (Lipinski definition) is 3. The summed E-state index contributed by atoms with van der Waals surface area (Å²) in [6, 6.07) is 0. The lowest BCUT2D eigenvalue weighted by atomic mass is 10.3. The largest absolute Gasteiger partial charge is 0.491 e. The van der Waals surface area contributed by atoms with Crippen molar-refractivity contribution >= 4 is 0 Å². The molecule has 1 aliphatic rings. The van der Waals surface area contributed by atoms with Gasteiger partial charge in [-0.2, -0.15) is 0 Å². The molecule has 3 nitrogen and oxygen atoms in total. The Labute approximate surface area is 97.7 Å². The van der Waals surface area contributed by atoms with Crippen LogP contribution in [-0.4, -0.2) is 42.4 Å². The van der Waals surface area contributed by atoms with Gasteiger partial charge in [0.05, 0.1) is 0 Å². The fraction of sp³-hybridized carbons (Fsp3) is 0.538. The molecule has 1 saturated heterocycles. The fourth-order valence-electron chi connectivity index (χ4n) is 1.80. The van der Waals surface area contributed by atoms with Gasteiger partial charge >= 0.3 is 0 Å². The Kier molecular flexibility index (Phi) is 5.90. The summed E-state index contributed by atoms with van der Waals surface area (Å²) < 4.78 is 5.40. The first kappa shape index (κ1) is 13.0. The molecule has 3 heteroatoms. The summed E-state index contributed by atoms with van der Waals surface area (Å²) >= 11 is 0. The summed E-state index contributed by atoms with van der Waals surface area (Å²) in [5.74, 6) is 0.649. The van der Waals surface area contributed by atoms with Gasteiger partial charge in [-0.3, -0.25) is 0 Å². The Balaban J connectivity index is 2.22. The molecule has 0 aromatic carbocycles. The zero-order valence-corrected chi connectivity index (χ0v) is 9.77. The molecule has 1 fully saturated rings. The summed E-state index contributed by atoms with van der Waals surface area (Å²) in [6.07, 6.45) is 7.03. The molecular formula is C13H21NO2. The van der Waals surface area contributed by atoms with Crippen LogP contribution in [0.3, 0.4) is 0 Å². The van der Waals surface area contributed by atoms with Gasteiger partial charge in [0, 0.05) is 6.54 Å². The van der Waals surface area contributed by atoms with Crippen LogP contribution in [0.4, 0.5) is 0 Å². The topological polar surface area (TPSA) is 32.7 Å². The highest BCUT2D eigenvalue weighted by Gasteiger charge is 2.15. The van der Waals surface area contributed by atoms with Gasteiger partial charge in [0.25, 0.3) is 0 Å². The standard InChI is InChI=1S/C13H21NO2/c1-3-7-13(4-2)16-11-12(15)10-14-8-5-6-9-14/h3-4,7,12,15H,1-2,5-6,8-11H2/b13-7+. The van der Waals surface area contributed by atoms with Gasteiger partial charge in [-0.15, -0.1) is 0 Å². The molecule has 1 atom stereocenters. The molecule has 1 unspecified atom stereocenters. The van der Waals surface area contributed by atoms with Crippen LogP contribution in [0.15, 0.2) is 37.1 Å². The van der Waals surface area contributed by atoms with Crippen molar-refractivity contribution < 1.29 is 9.84 Å². The lowest BCUT2D eigenvalue weighted by molar-refractivity contribution is 0.0516. The predicted octanol–water partition coefficient (Wildman–Crippen LogP) is 1.72. The normalized spacial score (nSPS) is 19.4. The highest BCUT2D eigenvalue weighted by atomic mass is 16.5. The molecule has 1 rings (SSSR count). The van der Waals surface area contributed by atoms with Crippen molar-refractivity contribution in [3.8, 4) is 0 Å². The first-order valence-electron chi connectivity index (χ1n) is 5.74. The molecule has 16 heavy (non-hydrogen) atoms. The molecule has 0 aromatic rings. The van der Waals surface area contributed by atoms with E-state index in [1.54, 1.807) is 18.2 Å². The van der Waals surface area contributed by atoms with Crippen LogP contribution in [0.2, 0.25) is 0 Å². The zero-order valence-electron chi connectivity index (χ0n) is 9.77. The maximum absolute atomic E-state index is 9.77. The van der Waals surface area contributed by atoms with E-state index in [0.29, 0.717) is 18.9 Å². The second kappa shape index (κ2) is 7.25. The molecule has 1 aliphatic heterocycles. The van der Waals surface area contributed by atoms with Gasteiger partial charge in [0.15, 0.2) is 0 Å². The summed E-state index contributed by atoms with van der Waals surface area (Å²) in [4.78, 5) is 2.26. The van der Waals surface area contributed by atoms with Gasteiger partial charge in [-0.1, -0.05) is 19.2 Å². The number of ether oxygens (including phenoxy) is 1. The quantitative estimate of drug-likeness (QED) is 0.527. The van der Waals surface area contributed by atoms with Crippen molar-refractivity contribution in [2.24, 2.45) is 0 Å². The van der Waals surface area contributed by atoms with Crippen molar-refractivity contribution in [1.82, 2.24) is 4.90 Å². The Morgan fingerprint density at radius 1 is 1.38 bits per heavy atom. The molecule has 0 spiro atoms. The summed E-state index contributed by atoms with van der Waals surface area (Å²) in [5.41, 5.74) is 0. The highest BCUT2D eigenvalue weighted by molar-refractivity contribution is 5.14. The number of β-amino-alcohol motifs (C(OH)–C–C–N with tert-alkyl or cyclic N) is 1. The fourth-order valence-corrected chi connectivity index (χ4v) is 1.80. The average Bonchev–Trinajstić information content (AvgIpc) is 2.76. The summed E-state index contributed by atoms with van der Waals surface area (Å²) in [7, 11) is 0. The Morgan fingerprint density at radius 3 is 2.62 bits per heavy atom. The van der Waals surface area contributed by atoms with Crippen LogP contribution in [-0.2, 0) is 4.74 Å². The lowest BCUT2D eigenvalue weighted by Gasteiger charge is -2.19. The molecule has 0 aliphatic carbocycles. The molecule has 0 radical (unpaired) electrons. The maximum atomic E-state index is 9.77. The monoisotopic (exact) mass is 223 g/mol. The minimum absolute atomic E-state index is 0.308. The highest BCUT2D eigenvalue weighted by Crippen LogP contribution is 2.08. The van der Waals surface area contributed by atoms with Crippen molar-refractivity contribution in [2.45, 2.75) is 18.9 Å². The smallest absolute Gasteiger partial charge is 0.118 e. The zero-order chi connectivity index (χ0) is 11.8. The van der Waals surface area contributed by atoms with Crippen LogP contribution < -0.4 is 0 Å². The van der Waals surface area contributed by atoms with Crippen LogP contribution in [0.5, 0.6) is 0 Å². The van der Waals surface area contributed by atoms with E-state index in [0.717, 1.165) is 13.1 Å². The minimum Gasteiger partial charge on any atom is -0.491 e. The maximum Gasteiger partial charge on any atom is 0.118 e. The Morgan fingerprint density at radius 2 is 2.06 bits per heavy atom. The first-order valence-corrected chi connectivity index (χ1v) is 5.74. The average molecular weight is 223 g/mol. The third-order valence-electron chi connectivity index (χ3n) is 2.59. The third kappa shape index (κ3) is 4.64. The van der Waals surface area contributed by atoms with Crippen molar-refractivity contribution in [2.75, 3.05) is 26.2 Å². The van der Waals surface area contributed by atoms with Gasteiger partial charge < -0.3 is 14.7 Å². The van der Waals surface area contributed by atoms with Gasteiger partial charge in [0.1, 0.15) is 18.5 Å². The summed E-state index contributed by atoms with van der Waals surface area (Å²) in [6.45, 7) is 10.4. The number of nitrogens with zero attached hydrogens (tertiary/aromatic N) is 1. The van der Waals surface area contributed by atoms with Gasteiger partial charge in [-0.05, 0) is 38.1 Å². The van der Waals surface area contributed by atoms with E-state index < -0.39 is 6.10 Å². The van der Waals surface area contributed by atoms with Crippen molar-refractivity contribution in [1.29, 1.82) is 0 Å². The molecule has 90 valence electrons. The lowest BCUT2D eigenvalue weighted by Crippen LogP contribution is -2.32. The number of rotatable bonds is 7. The molecule has 0 bridgehead atoms. The van der Waals surface area contributed by atoms with Crippen LogP contribution in [0.25, 0.3) is 0 Å². The van der Waals surface area contributed by atoms with Crippen molar-refractivity contribution in [3.63, 3.8) is 0 Å². The second-order valence-corrected chi connectivity index (χ2v) is 3.98. The van der Waals surface area contributed by atoms with Crippen LogP contribution >= 0.6 is 0 Å². The number of aliphatic hydroxyl groups is 1. The van der Waals surface area contributed by atoms with E-state index >= 15 is 0 Å². The van der Waals surface area contributed by atoms with E-state index in [9.17, 15) is 5.11 Å². The molecule has 1 N–H and O–H groups in total. The number of allylic oxidation sites excluding steroid dienone is 3. The minimum atomic E-state index is -0.439. The number of likely N-dealkylation sites (tertiary alicyclic amines) is 1. The van der Waals surface area contributed by atoms with E-state index in [-0.39, 0.29) is 0 Å². The number of hydrogen-bond donors (Lipinski definition) is 1. The van der Waals surface area contributed by atoms with E-state index in [4.69, 9.17) is 4.74 Å². The summed E-state index contributed by atoms with van der Waals surface area (Å²) in [5, 5.41) is 9.77. The molecule has 0 aromatic heterocycles. The van der Waals surface area contributed by atoms with Gasteiger partial charge in [0.2, 0.25) is 0 Å². The predicted molar refractivity (Wildman–Crippen MR) is 66.1 cm³/mol. The van der Waals surface area contributed by atoms with E-state index in [1.807, 2.05) is 0 Å². The second-order valence-electron chi connectivity index (χ2n) is 3.98. The van der Waals surface area contributed by atoms with Crippen molar-refractivity contribution in [3.05, 3.63) is 37.1 Å². The molecule has 0 amide bonds. The number of aliphatic hydroxyl groups excluding tert-OH is 1. The van der Waals surface area contributed by atoms with Crippen LogP contribution in [0.1, 0.15) is 12.8 Å². The molecule has 0 saturated carbocycles. The third-order valence-corrected chi connectivity index (χ3v) is 2.59. The molecule has 1 heterocycles. The Hall–Kier alpha value is -1.06. The van der Waals surface area contributed by atoms with E-state index in [1.165, 1.54) is 12.8 Å². The van der Waals surface area contributed by atoms with Gasteiger partial charge in [-0.25, -0.2) is 0 Å². The molecular weight excluding hydrogens is 202 g/mol. The Bertz CT molecular complexity index is 255. The van der Waals surface area contributed by atoms with E-state index in [2.05, 4.69) is 18.1 Å².